The van der Waals surface area contributed by atoms with E-state index >= 15 is 0 Å². The lowest BCUT2D eigenvalue weighted by molar-refractivity contribution is 0.784. The Morgan fingerprint density at radius 1 is 1.19 bits per heavy atom. The van der Waals surface area contributed by atoms with Crippen LogP contribution in [0.3, 0.4) is 0 Å². The van der Waals surface area contributed by atoms with Gasteiger partial charge in [0, 0.05) is 34.6 Å². The van der Waals surface area contributed by atoms with Gasteiger partial charge < -0.3 is 10.6 Å². The van der Waals surface area contributed by atoms with Crippen LogP contribution in [-0.4, -0.2) is 11.0 Å². The highest BCUT2D eigenvalue weighted by molar-refractivity contribution is 7.17. The molecule has 1 aliphatic carbocycles. The molecule has 2 heterocycles. The zero-order valence-electron chi connectivity index (χ0n) is 11.7. The van der Waals surface area contributed by atoms with E-state index in [1.165, 1.54) is 28.5 Å². The highest BCUT2D eigenvalue weighted by Gasteiger charge is 2.31. The summed E-state index contributed by atoms with van der Waals surface area (Å²) in [7, 11) is 0. The second kappa shape index (κ2) is 5.04. The third-order valence-corrected chi connectivity index (χ3v) is 4.90. The molecule has 0 bridgehead atoms. The molecule has 1 aliphatic rings. The van der Waals surface area contributed by atoms with Crippen molar-refractivity contribution in [2.45, 2.75) is 25.4 Å². The van der Waals surface area contributed by atoms with Crippen molar-refractivity contribution < 1.29 is 0 Å². The SMILES string of the molecule is Nc1ccccc1CN(c1nccc2sccc12)C1CC1. The van der Waals surface area contributed by atoms with Gasteiger partial charge in [-0.05, 0) is 42.0 Å². The molecule has 0 atom stereocenters. The number of rotatable bonds is 4. The Bertz CT molecular complexity index is 776. The minimum atomic E-state index is 0.600. The number of nitrogen functional groups attached to an aromatic ring is 1. The largest absolute Gasteiger partial charge is 0.398 e. The third kappa shape index (κ3) is 2.36. The summed E-state index contributed by atoms with van der Waals surface area (Å²) in [6.45, 7) is 0.833. The predicted octanol–water partition coefficient (Wildman–Crippen LogP) is 4.05. The first-order valence-electron chi connectivity index (χ1n) is 7.25. The minimum absolute atomic E-state index is 0.600. The standard InChI is InChI=1S/C17H17N3S/c18-15-4-2-1-3-12(15)11-20(13-5-6-13)17-14-8-10-21-16(14)7-9-19-17/h1-4,7-10,13H,5-6,11,18H2. The predicted molar refractivity (Wildman–Crippen MR) is 89.7 cm³/mol. The van der Waals surface area contributed by atoms with Crippen molar-refractivity contribution in [1.29, 1.82) is 0 Å². The molecule has 2 aromatic heterocycles. The molecule has 3 aromatic rings. The number of nitrogens with zero attached hydrogens (tertiary/aromatic N) is 2. The Labute approximate surface area is 128 Å². The average Bonchev–Trinajstić information content (AvgIpc) is 3.22. The normalized spacial score (nSPS) is 14.5. The summed E-state index contributed by atoms with van der Waals surface area (Å²) in [5, 5.41) is 3.39. The Morgan fingerprint density at radius 3 is 2.86 bits per heavy atom. The number of aromatic nitrogens is 1. The fraction of sp³-hybridized carbons (Fsp3) is 0.235. The van der Waals surface area contributed by atoms with Gasteiger partial charge >= 0.3 is 0 Å². The molecule has 0 radical (unpaired) electrons. The van der Waals surface area contributed by atoms with Gasteiger partial charge in [-0.15, -0.1) is 11.3 Å². The number of nitrogens with two attached hydrogens (primary N) is 1. The maximum absolute atomic E-state index is 6.12. The first-order valence-corrected chi connectivity index (χ1v) is 8.13. The molecular formula is C17H17N3S. The molecule has 3 nitrogen and oxygen atoms in total. The molecular weight excluding hydrogens is 278 g/mol. The second-order valence-corrected chi connectivity index (χ2v) is 6.47. The van der Waals surface area contributed by atoms with Crippen LogP contribution in [0.4, 0.5) is 11.5 Å². The summed E-state index contributed by atoms with van der Waals surface area (Å²) in [4.78, 5) is 7.08. The number of thiophene rings is 1. The van der Waals surface area contributed by atoms with E-state index in [1.54, 1.807) is 11.3 Å². The van der Waals surface area contributed by atoms with Crippen molar-refractivity contribution in [2.75, 3.05) is 10.6 Å². The van der Waals surface area contributed by atoms with Crippen LogP contribution in [-0.2, 0) is 6.54 Å². The van der Waals surface area contributed by atoms with Crippen molar-refractivity contribution in [3.63, 3.8) is 0 Å². The topological polar surface area (TPSA) is 42.1 Å². The molecule has 0 saturated heterocycles. The quantitative estimate of drug-likeness (QED) is 0.738. The Balaban J connectivity index is 1.75. The minimum Gasteiger partial charge on any atom is -0.398 e. The second-order valence-electron chi connectivity index (χ2n) is 5.52. The Kier molecular flexibility index (Phi) is 3.04. The lowest BCUT2D eigenvalue weighted by Crippen LogP contribution is -2.26. The number of benzene rings is 1. The van der Waals surface area contributed by atoms with Crippen molar-refractivity contribution in [3.05, 3.63) is 53.5 Å². The van der Waals surface area contributed by atoms with Crippen LogP contribution in [0.2, 0.25) is 0 Å². The van der Waals surface area contributed by atoms with E-state index in [0.717, 1.165) is 18.1 Å². The number of hydrogen-bond acceptors (Lipinski definition) is 4. The fourth-order valence-corrected chi connectivity index (χ4v) is 3.51. The highest BCUT2D eigenvalue weighted by atomic mass is 32.1. The Morgan fingerprint density at radius 2 is 2.05 bits per heavy atom. The van der Waals surface area contributed by atoms with Gasteiger partial charge in [0.1, 0.15) is 5.82 Å². The molecule has 4 rings (SSSR count). The molecule has 0 amide bonds. The third-order valence-electron chi connectivity index (χ3n) is 4.01. The molecule has 21 heavy (non-hydrogen) atoms. The number of pyridine rings is 1. The van der Waals surface area contributed by atoms with Crippen molar-refractivity contribution in [2.24, 2.45) is 0 Å². The zero-order valence-corrected chi connectivity index (χ0v) is 12.5. The smallest absolute Gasteiger partial charge is 0.137 e. The van der Waals surface area contributed by atoms with Crippen molar-refractivity contribution >= 4 is 32.9 Å². The summed E-state index contributed by atoms with van der Waals surface area (Å²) >= 11 is 1.77. The van der Waals surface area contributed by atoms with Crippen molar-refractivity contribution in [1.82, 2.24) is 4.98 Å². The van der Waals surface area contributed by atoms with E-state index in [2.05, 4.69) is 39.5 Å². The van der Waals surface area contributed by atoms with Gasteiger partial charge in [0.25, 0.3) is 0 Å². The van der Waals surface area contributed by atoms with E-state index in [-0.39, 0.29) is 0 Å². The molecule has 0 unspecified atom stereocenters. The zero-order chi connectivity index (χ0) is 14.2. The lowest BCUT2D eigenvalue weighted by atomic mass is 10.1. The molecule has 0 aliphatic heterocycles. The van der Waals surface area contributed by atoms with Gasteiger partial charge in [-0.3, -0.25) is 0 Å². The summed E-state index contributed by atoms with van der Waals surface area (Å²) < 4.78 is 1.30. The average molecular weight is 295 g/mol. The van der Waals surface area contributed by atoms with Gasteiger partial charge in [0.05, 0.1) is 0 Å². The van der Waals surface area contributed by atoms with E-state index in [4.69, 9.17) is 5.73 Å². The lowest BCUT2D eigenvalue weighted by Gasteiger charge is -2.25. The monoisotopic (exact) mass is 295 g/mol. The highest BCUT2D eigenvalue weighted by Crippen LogP contribution is 2.37. The van der Waals surface area contributed by atoms with Gasteiger partial charge in [-0.1, -0.05) is 18.2 Å². The maximum Gasteiger partial charge on any atom is 0.137 e. The summed E-state index contributed by atoms with van der Waals surface area (Å²) in [5.41, 5.74) is 8.16. The van der Waals surface area contributed by atoms with Crippen LogP contribution in [0, 0.1) is 0 Å². The molecule has 4 heteroatoms. The van der Waals surface area contributed by atoms with E-state index < -0.39 is 0 Å². The fourth-order valence-electron chi connectivity index (χ4n) is 2.73. The van der Waals surface area contributed by atoms with Gasteiger partial charge in [0.15, 0.2) is 0 Å². The number of hydrogen-bond donors (Lipinski definition) is 1. The first kappa shape index (κ1) is 12.7. The van der Waals surface area contributed by atoms with E-state index in [1.807, 2.05) is 18.3 Å². The Hall–Kier alpha value is -2.07. The molecule has 106 valence electrons. The van der Waals surface area contributed by atoms with Crippen molar-refractivity contribution in [3.8, 4) is 0 Å². The van der Waals surface area contributed by atoms with Crippen LogP contribution in [0.25, 0.3) is 10.1 Å². The van der Waals surface area contributed by atoms with Gasteiger partial charge in [0.2, 0.25) is 0 Å². The molecule has 0 spiro atoms. The summed E-state index contributed by atoms with van der Waals surface area (Å²) in [6, 6.07) is 13.0. The van der Waals surface area contributed by atoms with Crippen LogP contribution in [0.1, 0.15) is 18.4 Å². The number of anilines is 2. The van der Waals surface area contributed by atoms with Crippen LogP contribution < -0.4 is 10.6 Å². The van der Waals surface area contributed by atoms with Crippen LogP contribution in [0.15, 0.2) is 48.0 Å². The van der Waals surface area contributed by atoms with E-state index in [9.17, 15) is 0 Å². The first-order chi connectivity index (χ1) is 10.3. The molecule has 1 saturated carbocycles. The van der Waals surface area contributed by atoms with Crippen LogP contribution >= 0.6 is 11.3 Å². The number of fused-ring (bicyclic) bond motifs is 1. The molecule has 1 fully saturated rings. The van der Waals surface area contributed by atoms with Gasteiger partial charge in [-0.25, -0.2) is 4.98 Å². The van der Waals surface area contributed by atoms with Crippen LogP contribution in [0.5, 0.6) is 0 Å². The summed E-state index contributed by atoms with van der Waals surface area (Å²) in [5.74, 6) is 1.10. The molecule has 1 aromatic carbocycles. The number of para-hydroxylation sites is 1. The summed E-state index contributed by atoms with van der Waals surface area (Å²) in [6.07, 6.45) is 4.40. The van der Waals surface area contributed by atoms with Gasteiger partial charge in [-0.2, -0.15) is 0 Å². The molecule has 2 N–H and O–H groups in total. The maximum atomic E-state index is 6.12. The van der Waals surface area contributed by atoms with E-state index in [0.29, 0.717) is 6.04 Å².